The number of aryl methyl sites for hydroxylation is 2. The van der Waals surface area contributed by atoms with Crippen LogP contribution in [0.15, 0.2) is 0 Å². The lowest BCUT2D eigenvalue weighted by Gasteiger charge is -2.06. The summed E-state index contributed by atoms with van der Waals surface area (Å²) in [5.41, 5.74) is 2.13. The molecule has 0 radical (unpaired) electrons. The normalized spacial score (nSPS) is 10.5. The summed E-state index contributed by atoms with van der Waals surface area (Å²) in [6, 6.07) is 0. The van der Waals surface area contributed by atoms with Crippen LogP contribution in [0, 0.1) is 13.8 Å². The molecule has 0 spiro atoms. The highest BCUT2D eigenvalue weighted by Gasteiger charge is 2.05. The molecule has 0 bridgehead atoms. The third-order valence-electron chi connectivity index (χ3n) is 2.07. The van der Waals surface area contributed by atoms with Gasteiger partial charge in [-0.2, -0.15) is 0 Å². The average Bonchev–Trinajstić information content (AvgIpc) is 2.09. The Labute approximate surface area is 84.4 Å². The van der Waals surface area contributed by atoms with Gasteiger partial charge < -0.3 is 0 Å². The van der Waals surface area contributed by atoms with Crippen LogP contribution in [-0.2, 0) is 6.42 Å². The number of nitrogens with zero attached hydrogens (tertiary/aromatic N) is 2. The molecule has 0 atom stereocenters. The van der Waals surface area contributed by atoms with Gasteiger partial charge in [0.05, 0.1) is 0 Å². The molecule has 0 N–H and O–H groups in total. The molecule has 0 aliphatic carbocycles. The van der Waals surface area contributed by atoms with E-state index in [4.69, 9.17) is 11.6 Å². The van der Waals surface area contributed by atoms with Crippen LogP contribution in [0.25, 0.3) is 0 Å². The monoisotopic (exact) mass is 198 g/mol. The van der Waals surface area contributed by atoms with Crippen LogP contribution in [-0.4, -0.2) is 9.97 Å². The SMILES string of the molecule is CCCCc1nc(C)nc(Cl)c1C. The van der Waals surface area contributed by atoms with Crippen molar-refractivity contribution in [3.8, 4) is 0 Å². The first-order valence-electron chi connectivity index (χ1n) is 4.64. The molecule has 13 heavy (non-hydrogen) atoms. The van der Waals surface area contributed by atoms with Gasteiger partial charge in [-0.15, -0.1) is 0 Å². The minimum Gasteiger partial charge on any atom is -0.238 e. The first-order chi connectivity index (χ1) is 6.15. The van der Waals surface area contributed by atoms with Crippen molar-refractivity contribution in [1.29, 1.82) is 0 Å². The molecule has 0 saturated heterocycles. The molecule has 2 nitrogen and oxygen atoms in total. The van der Waals surface area contributed by atoms with E-state index in [0.717, 1.165) is 29.9 Å². The lowest BCUT2D eigenvalue weighted by molar-refractivity contribution is 0.761. The van der Waals surface area contributed by atoms with Crippen LogP contribution < -0.4 is 0 Å². The van der Waals surface area contributed by atoms with E-state index in [2.05, 4.69) is 16.9 Å². The highest BCUT2D eigenvalue weighted by atomic mass is 35.5. The highest BCUT2D eigenvalue weighted by molar-refractivity contribution is 6.30. The van der Waals surface area contributed by atoms with E-state index in [1.165, 1.54) is 6.42 Å². The van der Waals surface area contributed by atoms with Crippen LogP contribution in [0.5, 0.6) is 0 Å². The lowest BCUT2D eigenvalue weighted by atomic mass is 10.1. The molecule has 0 fully saturated rings. The Morgan fingerprint density at radius 2 is 1.92 bits per heavy atom. The fraction of sp³-hybridized carbons (Fsp3) is 0.600. The smallest absolute Gasteiger partial charge is 0.135 e. The quantitative estimate of drug-likeness (QED) is 0.698. The first-order valence-corrected chi connectivity index (χ1v) is 5.02. The minimum atomic E-state index is 0.596. The van der Waals surface area contributed by atoms with Crippen molar-refractivity contribution in [2.24, 2.45) is 0 Å². The van der Waals surface area contributed by atoms with Crippen molar-refractivity contribution in [3.63, 3.8) is 0 Å². The summed E-state index contributed by atoms with van der Waals surface area (Å²) in [7, 11) is 0. The number of unbranched alkanes of at least 4 members (excludes halogenated alkanes) is 1. The molecule has 0 aliphatic heterocycles. The Bertz CT molecular complexity index is 297. The molecule has 0 aliphatic rings. The van der Waals surface area contributed by atoms with Gasteiger partial charge in [0, 0.05) is 11.3 Å². The summed E-state index contributed by atoms with van der Waals surface area (Å²) in [6.07, 6.45) is 3.35. The van der Waals surface area contributed by atoms with E-state index in [1.807, 2.05) is 13.8 Å². The molecular weight excluding hydrogens is 184 g/mol. The van der Waals surface area contributed by atoms with Crippen molar-refractivity contribution in [1.82, 2.24) is 9.97 Å². The Morgan fingerprint density at radius 3 is 2.54 bits per heavy atom. The van der Waals surface area contributed by atoms with Crippen molar-refractivity contribution in [2.45, 2.75) is 40.0 Å². The summed E-state index contributed by atoms with van der Waals surface area (Å²) >= 11 is 5.95. The maximum atomic E-state index is 5.95. The van der Waals surface area contributed by atoms with E-state index in [0.29, 0.717) is 5.15 Å². The first kappa shape index (κ1) is 10.5. The molecule has 0 unspecified atom stereocenters. The van der Waals surface area contributed by atoms with Gasteiger partial charge in [0.15, 0.2) is 0 Å². The fourth-order valence-corrected chi connectivity index (χ4v) is 1.47. The summed E-state index contributed by atoms with van der Waals surface area (Å²) in [6.45, 7) is 6.03. The molecule has 1 aromatic rings. The predicted molar refractivity (Wildman–Crippen MR) is 55.1 cm³/mol. The van der Waals surface area contributed by atoms with Gasteiger partial charge >= 0.3 is 0 Å². The fourth-order valence-electron chi connectivity index (χ4n) is 1.24. The van der Waals surface area contributed by atoms with Gasteiger partial charge in [-0.05, 0) is 26.7 Å². The Morgan fingerprint density at radius 1 is 1.23 bits per heavy atom. The maximum Gasteiger partial charge on any atom is 0.135 e. The molecule has 72 valence electrons. The van der Waals surface area contributed by atoms with Gasteiger partial charge in [0.1, 0.15) is 11.0 Å². The zero-order valence-corrected chi connectivity index (χ0v) is 9.15. The second-order valence-electron chi connectivity index (χ2n) is 3.24. The Hall–Kier alpha value is -0.630. The molecule has 1 rings (SSSR count). The van der Waals surface area contributed by atoms with Crippen LogP contribution in [0.1, 0.15) is 36.8 Å². The summed E-state index contributed by atoms with van der Waals surface area (Å²) in [4.78, 5) is 8.47. The minimum absolute atomic E-state index is 0.596. The molecule has 0 amide bonds. The van der Waals surface area contributed by atoms with Gasteiger partial charge in [0.25, 0.3) is 0 Å². The molecule has 3 heteroatoms. The molecule has 0 aromatic carbocycles. The van der Waals surface area contributed by atoms with E-state index >= 15 is 0 Å². The van der Waals surface area contributed by atoms with Gasteiger partial charge in [-0.1, -0.05) is 24.9 Å². The molecule has 1 heterocycles. The maximum absolute atomic E-state index is 5.95. The number of hydrogen-bond acceptors (Lipinski definition) is 2. The third-order valence-corrected chi connectivity index (χ3v) is 2.43. The van der Waals surface area contributed by atoms with Crippen molar-refractivity contribution in [3.05, 3.63) is 22.2 Å². The second-order valence-corrected chi connectivity index (χ2v) is 3.59. The number of hydrogen-bond donors (Lipinski definition) is 0. The summed E-state index contributed by atoms with van der Waals surface area (Å²) < 4.78 is 0. The topological polar surface area (TPSA) is 25.8 Å². The summed E-state index contributed by atoms with van der Waals surface area (Å²) in [5, 5.41) is 0.596. The average molecular weight is 199 g/mol. The van der Waals surface area contributed by atoms with Crippen LogP contribution in [0.2, 0.25) is 5.15 Å². The number of rotatable bonds is 3. The molecular formula is C10H15ClN2. The number of aromatic nitrogens is 2. The predicted octanol–water partition coefficient (Wildman–Crippen LogP) is 3.09. The Kier molecular flexibility index (Phi) is 3.67. The zero-order valence-electron chi connectivity index (χ0n) is 8.39. The third kappa shape index (κ3) is 2.66. The Balaban J connectivity index is 2.92. The largest absolute Gasteiger partial charge is 0.238 e. The standard InChI is InChI=1S/C10H15ClN2/c1-4-5-6-9-7(2)10(11)13-8(3)12-9/h4-6H2,1-3H3. The highest BCUT2D eigenvalue weighted by Crippen LogP contribution is 2.16. The van der Waals surface area contributed by atoms with Gasteiger partial charge in [-0.25, -0.2) is 9.97 Å². The van der Waals surface area contributed by atoms with Crippen molar-refractivity contribution >= 4 is 11.6 Å². The second kappa shape index (κ2) is 4.56. The van der Waals surface area contributed by atoms with E-state index in [1.54, 1.807) is 0 Å². The van der Waals surface area contributed by atoms with Gasteiger partial charge in [0.2, 0.25) is 0 Å². The van der Waals surface area contributed by atoms with E-state index in [-0.39, 0.29) is 0 Å². The van der Waals surface area contributed by atoms with Crippen LogP contribution in [0.4, 0.5) is 0 Å². The molecule has 1 aromatic heterocycles. The van der Waals surface area contributed by atoms with Crippen LogP contribution in [0.3, 0.4) is 0 Å². The van der Waals surface area contributed by atoms with Gasteiger partial charge in [-0.3, -0.25) is 0 Å². The summed E-state index contributed by atoms with van der Waals surface area (Å²) in [5.74, 6) is 0.765. The van der Waals surface area contributed by atoms with Crippen molar-refractivity contribution < 1.29 is 0 Å². The molecule has 0 saturated carbocycles. The van der Waals surface area contributed by atoms with Crippen LogP contribution >= 0.6 is 11.6 Å². The lowest BCUT2D eigenvalue weighted by Crippen LogP contribution is -2.00. The van der Waals surface area contributed by atoms with E-state index in [9.17, 15) is 0 Å². The number of halogens is 1. The van der Waals surface area contributed by atoms with E-state index < -0.39 is 0 Å². The zero-order chi connectivity index (χ0) is 9.84. The van der Waals surface area contributed by atoms with Crippen molar-refractivity contribution in [2.75, 3.05) is 0 Å².